The topological polar surface area (TPSA) is 81.5 Å². The molecule has 2 aromatic rings. The highest BCUT2D eigenvalue weighted by Gasteiger charge is 2.53. The molecule has 6 heteroatoms. The van der Waals surface area contributed by atoms with Gasteiger partial charge in [0.2, 0.25) is 6.79 Å². The summed E-state index contributed by atoms with van der Waals surface area (Å²) in [7, 11) is 0. The lowest BCUT2D eigenvalue weighted by molar-refractivity contribution is -0.131. The molecule has 30 heavy (non-hydrogen) atoms. The summed E-state index contributed by atoms with van der Waals surface area (Å²) in [6.07, 6.45) is 13.8. The Morgan fingerprint density at radius 3 is 2.33 bits per heavy atom. The highest BCUT2D eigenvalue weighted by molar-refractivity contribution is 5.85. The molecule has 1 N–H and O–H groups in total. The summed E-state index contributed by atoms with van der Waals surface area (Å²) in [5, 5.41) is 8.79. The van der Waals surface area contributed by atoms with Crippen LogP contribution in [0.2, 0.25) is 0 Å². The number of aromatic nitrogens is 2. The minimum atomic E-state index is -0.991. The lowest BCUT2D eigenvalue weighted by atomic mass is 9.48. The van der Waals surface area contributed by atoms with Crippen LogP contribution in [0.3, 0.4) is 0 Å². The van der Waals surface area contributed by atoms with E-state index in [0.717, 1.165) is 40.9 Å². The molecule has 154 valence electrons. The van der Waals surface area contributed by atoms with Crippen molar-refractivity contribution in [2.24, 2.45) is 17.8 Å². The fourth-order valence-corrected chi connectivity index (χ4v) is 6.71. The van der Waals surface area contributed by atoms with E-state index in [1.165, 1.54) is 50.2 Å². The molecule has 7 rings (SSSR count). The second-order valence-corrected chi connectivity index (χ2v) is 9.47. The van der Waals surface area contributed by atoms with Crippen molar-refractivity contribution < 1.29 is 19.4 Å². The normalized spacial score (nSPS) is 30.9. The standard InChI is InChI=1S/C24H24N2O4/c27-21(28)2-1-14-11-25-23(26-12-14)18-6-19(22-20(7-18)29-13-30-22)24-8-15-3-16(9-24)5-17(4-15)10-24/h1-2,6-7,11-12,15-17H,3-5,8-10,13H2,(H,27,28)/b2-1+. The van der Waals surface area contributed by atoms with Gasteiger partial charge in [-0.2, -0.15) is 0 Å². The minimum absolute atomic E-state index is 0.187. The largest absolute Gasteiger partial charge is 0.478 e. The van der Waals surface area contributed by atoms with Crippen molar-refractivity contribution in [3.63, 3.8) is 0 Å². The lowest BCUT2D eigenvalue weighted by Gasteiger charge is -2.57. The van der Waals surface area contributed by atoms with Crippen LogP contribution < -0.4 is 9.47 Å². The van der Waals surface area contributed by atoms with Gasteiger partial charge in [0.15, 0.2) is 17.3 Å². The zero-order valence-electron chi connectivity index (χ0n) is 16.7. The van der Waals surface area contributed by atoms with E-state index in [0.29, 0.717) is 11.4 Å². The minimum Gasteiger partial charge on any atom is -0.478 e. The predicted octanol–water partition coefficient (Wildman–Crippen LogP) is 4.44. The van der Waals surface area contributed by atoms with Crippen LogP contribution >= 0.6 is 0 Å². The number of nitrogens with zero attached hydrogens (tertiary/aromatic N) is 2. The first kappa shape index (κ1) is 17.9. The number of hydrogen-bond acceptors (Lipinski definition) is 5. The number of fused-ring (bicyclic) bond motifs is 1. The molecule has 4 fully saturated rings. The van der Waals surface area contributed by atoms with Crippen molar-refractivity contribution in [1.29, 1.82) is 0 Å². The number of carboxylic acid groups (broad SMARTS) is 1. The van der Waals surface area contributed by atoms with Crippen LogP contribution in [0, 0.1) is 17.8 Å². The van der Waals surface area contributed by atoms with Gasteiger partial charge in [0.05, 0.1) is 0 Å². The SMILES string of the molecule is O=C(O)/C=C/c1cnc(-c2cc3c(c(C45CC6CC(CC(C6)C4)C5)c2)OCO3)nc1. The summed E-state index contributed by atoms with van der Waals surface area (Å²) in [6, 6.07) is 4.19. The average Bonchev–Trinajstić information content (AvgIpc) is 3.19. The summed E-state index contributed by atoms with van der Waals surface area (Å²) in [5.41, 5.74) is 3.05. The van der Waals surface area contributed by atoms with Gasteiger partial charge in [0.1, 0.15) is 0 Å². The summed E-state index contributed by atoms with van der Waals surface area (Å²) in [5.74, 6) is 3.86. The van der Waals surface area contributed by atoms with E-state index in [1.807, 2.05) is 6.07 Å². The molecule has 0 unspecified atom stereocenters. The molecule has 1 aliphatic heterocycles. The number of hydrogen-bond donors (Lipinski definition) is 1. The predicted molar refractivity (Wildman–Crippen MR) is 110 cm³/mol. The Morgan fingerprint density at radius 2 is 1.70 bits per heavy atom. The van der Waals surface area contributed by atoms with E-state index in [4.69, 9.17) is 14.6 Å². The Kier molecular flexibility index (Phi) is 3.92. The van der Waals surface area contributed by atoms with E-state index < -0.39 is 5.97 Å². The first-order valence-electron chi connectivity index (χ1n) is 10.8. The molecule has 4 saturated carbocycles. The Hall–Kier alpha value is -2.89. The molecular formula is C24H24N2O4. The van der Waals surface area contributed by atoms with Gasteiger partial charge < -0.3 is 14.6 Å². The molecule has 4 bridgehead atoms. The van der Waals surface area contributed by atoms with Crippen LogP contribution in [-0.4, -0.2) is 27.8 Å². The van der Waals surface area contributed by atoms with Gasteiger partial charge in [-0.05, 0) is 79.9 Å². The van der Waals surface area contributed by atoms with E-state index in [-0.39, 0.29) is 12.2 Å². The third kappa shape index (κ3) is 2.89. The van der Waals surface area contributed by atoms with E-state index in [1.54, 1.807) is 12.4 Å². The monoisotopic (exact) mass is 404 g/mol. The van der Waals surface area contributed by atoms with Crippen LogP contribution in [0.25, 0.3) is 17.5 Å². The maximum atomic E-state index is 10.7. The average molecular weight is 404 g/mol. The smallest absolute Gasteiger partial charge is 0.328 e. The first-order chi connectivity index (χ1) is 14.6. The van der Waals surface area contributed by atoms with Crippen LogP contribution in [-0.2, 0) is 10.2 Å². The van der Waals surface area contributed by atoms with E-state index >= 15 is 0 Å². The zero-order chi connectivity index (χ0) is 20.3. The Morgan fingerprint density at radius 1 is 1.03 bits per heavy atom. The quantitative estimate of drug-likeness (QED) is 0.759. The van der Waals surface area contributed by atoms with Gasteiger partial charge in [0.25, 0.3) is 0 Å². The molecule has 2 heterocycles. The van der Waals surface area contributed by atoms with Gasteiger partial charge in [-0.25, -0.2) is 14.8 Å². The molecule has 4 aliphatic carbocycles. The molecule has 0 spiro atoms. The second kappa shape index (κ2) is 6.56. The van der Waals surface area contributed by atoms with Crippen molar-refractivity contribution >= 4 is 12.0 Å². The summed E-state index contributed by atoms with van der Waals surface area (Å²) < 4.78 is 11.8. The maximum absolute atomic E-state index is 10.7. The number of rotatable bonds is 4. The third-order valence-corrected chi connectivity index (χ3v) is 7.43. The van der Waals surface area contributed by atoms with Crippen LogP contribution in [0.4, 0.5) is 0 Å². The van der Waals surface area contributed by atoms with Gasteiger partial charge in [-0.15, -0.1) is 0 Å². The van der Waals surface area contributed by atoms with Crippen molar-refractivity contribution in [2.75, 3.05) is 6.79 Å². The van der Waals surface area contributed by atoms with Gasteiger partial charge in [-0.1, -0.05) is 0 Å². The second-order valence-electron chi connectivity index (χ2n) is 9.47. The Bertz CT molecular complexity index is 1010. The molecule has 0 radical (unpaired) electrons. The number of carbonyl (C=O) groups is 1. The van der Waals surface area contributed by atoms with Gasteiger partial charge in [-0.3, -0.25) is 0 Å². The molecule has 0 amide bonds. The first-order valence-corrected chi connectivity index (χ1v) is 10.8. The van der Waals surface area contributed by atoms with Crippen LogP contribution in [0.5, 0.6) is 11.5 Å². The lowest BCUT2D eigenvalue weighted by Crippen LogP contribution is -2.48. The summed E-state index contributed by atoms with van der Waals surface area (Å²) in [4.78, 5) is 19.7. The molecular weight excluding hydrogens is 380 g/mol. The zero-order valence-corrected chi connectivity index (χ0v) is 16.7. The molecule has 5 aliphatic rings. The van der Waals surface area contributed by atoms with Crippen LogP contribution in [0.1, 0.15) is 49.7 Å². The molecule has 0 atom stereocenters. The number of benzene rings is 1. The molecule has 1 aromatic heterocycles. The van der Waals surface area contributed by atoms with Crippen molar-refractivity contribution in [2.45, 2.75) is 43.9 Å². The fourth-order valence-electron chi connectivity index (χ4n) is 6.71. The van der Waals surface area contributed by atoms with Crippen molar-refractivity contribution in [1.82, 2.24) is 9.97 Å². The van der Waals surface area contributed by atoms with Crippen molar-refractivity contribution in [3.05, 3.63) is 41.7 Å². The summed E-state index contributed by atoms with van der Waals surface area (Å²) >= 11 is 0. The molecule has 0 saturated heterocycles. The number of aliphatic carboxylic acids is 1. The highest BCUT2D eigenvalue weighted by atomic mass is 16.7. The number of ether oxygens (including phenoxy) is 2. The molecule has 1 aromatic carbocycles. The third-order valence-electron chi connectivity index (χ3n) is 7.43. The van der Waals surface area contributed by atoms with E-state index in [2.05, 4.69) is 16.0 Å². The summed E-state index contributed by atoms with van der Waals surface area (Å²) in [6.45, 7) is 0.262. The molecule has 6 nitrogen and oxygen atoms in total. The van der Waals surface area contributed by atoms with Gasteiger partial charge in [0, 0.05) is 35.2 Å². The van der Waals surface area contributed by atoms with Gasteiger partial charge >= 0.3 is 5.97 Å². The maximum Gasteiger partial charge on any atom is 0.328 e. The Labute approximate surface area is 175 Å². The van der Waals surface area contributed by atoms with Crippen molar-refractivity contribution in [3.8, 4) is 22.9 Å². The van der Waals surface area contributed by atoms with E-state index in [9.17, 15) is 4.79 Å². The highest BCUT2D eigenvalue weighted by Crippen LogP contribution is 2.63. The number of carboxylic acids is 1. The van der Waals surface area contributed by atoms with Crippen LogP contribution in [0.15, 0.2) is 30.6 Å². The Balaban J connectivity index is 1.40. The fraction of sp³-hybridized carbons (Fsp3) is 0.458.